The van der Waals surface area contributed by atoms with Gasteiger partial charge in [0.15, 0.2) is 5.82 Å². The van der Waals surface area contributed by atoms with Gasteiger partial charge in [0.2, 0.25) is 0 Å². The normalized spacial score (nSPS) is 14.7. The van der Waals surface area contributed by atoms with E-state index in [0.29, 0.717) is 5.02 Å². The molecule has 0 spiro atoms. The predicted molar refractivity (Wildman–Crippen MR) is 122 cm³/mol. The number of hydrogen-bond donors (Lipinski definition) is 0. The fraction of sp³-hybridized carbons (Fsp3) is 0.174. The summed E-state index contributed by atoms with van der Waals surface area (Å²) >= 11 is 7.76. The van der Waals surface area contributed by atoms with Gasteiger partial charge >= 0.3 is 0 Å². The average molecular weight is 445 g/mol. The first-order valence-corrected chi connectivity index (χ1v) is 10.9. The van der Waals surface area contributed by atoms with E-state index in [1.54, 1.807) is 23.7 Å². The highest BCUT2D eigenvalue weighted by atomic mass is 35.5. The molecule has 4 aromatic rings. The molecule has 1 aliphatic rings. The summed E-state index contributed by atoms with van der Waals surface area (Å²) in [6, 6.07) is 7.64. The minimum atomic E-state index is -0.137. The van der Waals surface area contributed by atoms with E-state index in [1.165, 1.54) is 6.33 Å². The van der Waals surface area contributed by atoms with Crippen LogP contribution in [0.4, 0.5) is 0 Å². The molecule has 0 amide bonds. The Bertz CT molecular complexity index is 1370. The lowest BCUT2D eigenvalue weighted by Gasteiger charge is -2.09. The van der Waals surface area contributed by atoms with Gasteiger partial charge in [-0.2, -0.15) is 0 Å². The van der Waals surface area contributed by atoms with Crippen LogP contribution in [0.5, 0.6) is 0 Å². The van der Waals surface area contributed by atoms with Gasteiger partial charge in [-0.25, -0.2) is 9.97 Å². The molecule has 6 nitrogen and oxygen atoms in total. The maximum Gasteiger partial charge on any atom is 0.162 e. The zero-order chi connectivity index (χ0) is 21.5. The molecular weight excluding hydrogens is 428 g/mol. The van der Waals surface area contributed by atoms with Crippen molar-refractivity contribution in [3.8, 4) is 16.8 Å². The van der Waals surface area contributed by atoms with Crippen LogP contribution in [0.25, 0.3) is 5.00 Å². The van der Waals surface area contributed by atoms with E-state index < -0.39 is 0 Å². The molecule has 8 heteroatoms. The standard InChI is InChI=1S/C23H17ClN6S/c1-13-19(9-4-16-10-25-12-26-11-16)31-23-20(13)21(17-5-7-18(24)8-6-17)27-14(2)22-29-28-15(3)30(22)23/h5-8,10-12,14H,1-3H3/t14-/m0/s1. The molecule has 4 heterocycles. The predicted octanol–water partition coefficient (Wildman–Crippen LogP) is 4.70. The van der Waals surface area contributed by atoms with Crippen molar-refractivity contribution >= 4 is 28.6 Å². The Balaban J connectivity index is 1.74. The van der Waals surface area contributed by atoms with Crippen LogP contribution < -0.4 is 0 Å². The molecule has 152 valence electrons. The number of benzene rings is 1. The molecule has 0 saturated heterocycles. The van der Waals surface area contributed by atoms with Gasteiger partial charge in [-0.05, 0) is 38.5 Å². The SMILES string of the molecule is Cc1c(C#Cc2cncnc2)sc2c1C(c1ccc(Cl)cc1)=N[C@@H](C)c1nnc(C)n1-2. The van der Waals surface area contributed by atoms with Gasteiger partial charge < -0.3 is 0 Å². The van der Waals surface area contributed by atoms with Crippen molar-refractivity contribution in [3.63, 3.8) is 0 Å². The fourth-order valence-electron chi connectivity index (χ4n) is 3.59. The van der Waals surface area contributed by atoms with E-state index >= 15 is 0 Å². The number of hydrogen-bond acceptors (Lipinski definition) is 6. The minimum absolute atomic E-state index is 0.137. The maximum atomic E-state index is 6.13. The van der Waals surface area contributed by atoms with Gasteiger partial charge in [0.25, 0.3) is 0 Å². The van der Waals surface area contributed by atoms with Crippen LogP contribution in [0.15, 0.2) is 48.0 Å². The number of rotatable bonds is 1. The van der Waals surface area contributed by atoms with Crippen molar-refractivity contribution in [3.05, 3.63) is 86.8 Å². The monoisotopic (exact) mass is 444 g/mol. The first-order valence-electron chi connectivity index (χ1n) is 9.69. The van der Waals surface area contributed by atoms with Crippen LogP contribution in [0.1, 0.15) is 51.7 Å². The second-order valence-corrected chi connectivity index (χ2v) is 8.65. The van der Waals surface area contributed by atoms with Crippen LogP contribution in [-0.4, -0.2) is 30.4 Å². The summed E-state index contributed by atoms with van der Waals surface area (Å²) < 4.78 is 2.10. The summed E-state index contributed by atoms with van der Waals surface area (Å²) in [6.07, 6.45) is 4.91. The summed E-state index contributed by atoms with van der Waals surface area (Å²) in [5.74, 6) is 8.11. The molecule has 0 unspecified atom stereocenters. The van der Waals surface area contributed by atoms with Crippen LogP contribution in [0.2, 0.25) is 5.02 Å². The Morgan fingerprint density at radius 2 is 1.77 bits per heavy atom. The third-order valence-electron chi connectivity index (χ3n) is 5.11. The van der Waals surface area contributed by atoms with Gasteiger partial charge in [-0.15, -0.1) is 21.5 Å². The van der Waals surface area contributed by atoms with E-state index in [9.17, 15) is 0 Å². The first-order chi connectivity index (χ1) is 15.0. The van der Waals surface area contributed by atoms with Gasteiger partial charge in [-0.1, -0.05) is 35.6 Å². The van der Waals surface area contributed by atoms with Crippen molar-refractivity contribution in [1.29, 1.82) is 0 Å². The Morgan fingerprint density at radius 1 is 1.03 bits per heavy atom. The molecule has 1 aromatic carbocycles. The lowest BCUT2D eigenvalue weighted by Crippen LogP contribution is -2.07. The molecule has 5 rings (SSSR count). The number of halogens is 1. The highest BCUT2D eigenvalue weighted by Crippen LogP contribution is 2.38. The lowest BCUT2D eigenvalue weighted by atomic mass is 9.99. The summed E-state index contributed by atoms with van der Waals surface area (Å²) in [5.41, 5.74) is 4.81. The molecule has 0 saturated carbocycles. The van der Waals surface area contributed by atoms with Crippen LogP contribution in [-0.2, 0) is 0 Å². The third-order valence-corrected chi connectivity index (χ3v) is 6.56. The second-order valence-electron chi connectivity index (χ2n) is 7.21. The smallest absolute Gasteiger partial charge is 0.162 e. The van der Waals surface area contributed by atoms with Crippen LogP contribution in [0.3, 0.4) is 0 Å². The molecule has 0 N–H and O–H groups in total. The molecule has 31 heavy (non-hydrogen) atoms. The topological polar surface area (TPSA) is 68.8 Å². The summed E-state index contributed by atoms with van der Waals surface area (Å²) in [7, 11) is 0. The van der Waals surface area contributed by atoms with E-state index in [1.807, 2.05) is 38.1 Å². The zero-order valence-electron chi connectivity index (χ0n) is 17.1. The van der Waals surface area contributed by atoms with Gasteiger partial charge in [0, 0.05) is 28.5 Å². The first kappa shape index (κ1) is 19.6. The maximum absolute atomic E-state index is 6.13. The highest BCUT2D eigenvalue weighted by Gasteiger charge is 2.29. The van der Waals surface area contributed by atoms with Crippen molar-refractivity contribution < 1.29 is 0 Å². The summed E-state index contributed by atoms with van der Waals surface area (Å²) in [4.78, 5) is 14.1. The number of aryl methyl sites for hydroxylation is 1. The van der Waals surface area contributed by atoms with Crippen molar-refractivity contribution in [2.75, 3.05) is 0 Å². The zero-order valence-corrected chi connectivity index (χ0v) is 18.7. The number of aliphatic imine (C=N–C) groups is 1. The molecule has 1 atom stereocenters. The summed E-state index contributed by atoms with van der Waals surface area (Å²) in [5, 5.41) is 10.4. The van der Waals surface area contributed by atoms with Gasteiger partial charge in [0.05, 0.1) is 16.2 Å². The van der Waals surface area contributed by atoms with E-state index in [4.69, 9.17) is 16.6 Å². The molecule has 3 aromatic heterocycles. The highest BCUT2D eigenvalue weighted by molar-refractivity contribution is 7.15. The largest absolute Gasteiger partial charge is 0.273 e. The van der Waals surface area contributed by atoms with Gasteiger partial charge in [0.1, 0.15) is 23.2 Å². The Labute approximate surface area is 188 Å². The summed E-state index contributed by atoms with van der Waals surface area (Å²) in [6.45, 7) is 6.08. The number of fused-ring (bicyclic) bond motifs is 3. The minimum Gasteiger partial charge on any atom is -0.273 e. The lowest BCUT2D eigenvalue weighted by molar-refractivity contribution is 0.724. The Hall–Kier alpha value is -3.34. The number of aromatic nitrogens is 5. The number of nitrogens with zero attached hydrogens (tertiary/aromatic N) is 6. The number of thiophene rings is 1. The van der Waals surface area contributed by atoms with Gasteiger partial charge in [-0.3, -0.25) is 9.56 Å². The van der Waals surface area contributed by atoms with Crippen LogP contribution >= 0.6 is 22.9 Å². The van der Waals surface area contributed by atoms with E-state index in [0.717, 1.165) is 49.5 Å². The second kappa shape index (κ2) is 7.73. The van der Waals surface area contributed by atoms with E-state index in [-0.39, 0.29) is 6.04 Å². The molecule has 0 fully saturated rings. The van der Waals surface area contributed by atoms with Crippen LogP contribution in [0, 0.1) is 25.7 Å². The Morgan fingerprint density at radius 3 is 2.52 bits per heavy atom. The van der Waals surface area contributed by atoms with E-state index in [2.05, 4.69) is 43.5 Å². The molecule has 0 aliphatic carbocycles. The molecule has 0 bridgehead atoms. The van der Waals surface area contributed by atoms with Crippen molar-refractivity contribution in [2.24, 2.45) is 4.99 Å². The average Bonchev–Trinajstić information content (AvgIpc) is 3.27. The quantitative estimate of drug-likeness (QED) is 0.399. The van der Waals surface area contributed by atoms with Crippen molar-refractivity contribution in [1.82, 2.24) is 24.7 Å². The molecular formula is C23H17ClN6S. The van der Waals surface area contributed by atoms with Crippen molar-refractivity contribution in [2.45, 2.75) is 26.8 Å². The Kier molecular flexibility index (Phi) is 4.89. The third kappa shape index (κ3) is 3.44. The molecule has 1 aliphatic heterocycles. The fourth-order valence-corrected chi connectivity index (χ4v) is 4.93. The molecule has 0 radical (unpaired) electrons.